The van der Waals surface area contributed by atoms with Crippen LogP contribution in [0.3, 0.4) is 0 Å². The lowest BCUT2D eigenvalue weighted by Crippen LogP contribution is -2.31. The lowest BCUT2D eigenvalue weighted by molar-refractivity contribution is -0.122. The molecule has 28 heavy (non-hydrogen) atoms. The molecule has 0 saturated heterocycles. The van der Waals surface area contributed by atoms with Crippen LogP contribution in [0.25, 0.3) is 22.6 Å². The molecule has 4 rings (SSSR count). The van der Waals surface area contributed by atoms with Crippen LogP contribution in [0.5, 0.6) is 0 Å². The van der Waals surface area contributed by atoms with Gasteiger partial charge in [-0.2, -0.15) is 0 Å². The molecular weight excluding hydrogens is 436 g/mol. The first-order chi connectivity index (χ1) is 13.7. The fourth-order valence-corrected chi connectivity index (χ4v) is 4.05. The number of rotatable bonds is 6. The molecule has 2 aromatic heterocycles. The van der Waals surface area contributed by atoms with E-state index in [0.29, 0.717) is 5.82 Å². The van der Waals surface area contributed by atoms with Crippen molar-refractivity contribution in [3.63, 3.8) is 0 Å². The van der Waals surface area contributed by atoms with Gasteiger partial charge in [0.25, 0.3) is 0 Å². The SMILES string of the molecule is CC[C@H](NC(=O)Cn1c(-c2cscn2)nc2ccccc21)c1ccc(Br)cc1. The van der Waals surface area contributed by atoms with Crippen molar-refractivity contribution < 1.29 is 4.79 Å². The largest absolute Gasteiger partial charge is 0.348 e. The minimum Gasteiger partial charge on any atom is -0.348 e. The second kappa shape index (κ2) is 8.24. The van der Waals surface area contributed by atoms with Gasteiger partial charge in [0.05, 0.1) is 22.6 Å². The fraction of sp³-hybridized carbons (Fsp3) is 0.190. The van der Waals surface area contributed by atoms with Crippen LogP contribution in [0.1, 0.15) is 24.9 Å². The highest BCUT2D eigenvalue weighted by Gasteiger charge is 2.18. The third kappa shape index (κ3) is 3.86. The second-order valence-corrected chi connectivity index (χ2v) is 8.10. The average Bonchev–Trinajstić information content (AvgIpc) is 3.35. The minimum atomic E-state index is -0.0469. The molecule has 0 aliphatic heterocycles. The Bertz CT molecular complexity index is 1090. The van der Waals surface area contributed by atoms with Gasteiger partial charge in [-0.1, -0.05) is 47.1 Å². The van der Waals surface area contributed by atoms with E-state index >= 15 is 0 Å². The third-order valence-corrected chi connectivity index (χ3v) is 5.75. The molecule has 1 N–H and O–H groups in total. The summed E-state index contributed by atoms with van der Waals surface area (Å²) in [6.45, 7) is 2.26. The van der Waals surface area contributed by atoms with E-state index < -0.39 is 0 Å². The van der Waals surface area contributed by atoms with Crippen molar-refractivity contribution in [3.8, 4) is 11.5 Å². The molecule has 7 heteroatoms. The molecule has 0 unspecified atom stereocenters. The number of imidazole rings is 1. The van der Waals surface area contributed by atoms with Crippen molar-refractivity contribution in [1.82, 2.24) is 19.9 Å². The van der Waals surface area contributed by atoms with Crippen molar-refractivity contribution in [2.45, 2.75) is 25.9 Å². The van der Waals surface area contributed by atoms with Crippen LogP contribution in [0, 0.1) is 0 Å². The van der Waals surface area contributed by atoms with Crippen LogP contribution in [0.15, 0.2) is 63.9 Å². The second-order valence-electron chi connectivity index (χ2n) is 6.46. The third-order valence-electron chi connectivity index (χ3n) is 4.63. The van der Waals surface area contributed by atoms with Gasteiger partial charge in [0, 0.05) is 9.85 Å². The number of halogens is 1. The van der Waals surface area contributed by atoms with Crippen molar-refractivity contribution in [1.29, 1.82) is 0 Å². The average molecular weight is 455 g/mol. The predicted molar refractivity (Wildman–Crippen MR) is 116 cm³/mol. The number of thiazole rings is 1. The Hall–Kier alpha value is -2.51. The molecule has 0 saturated carbocycles. The highest BCUT2D eigenvalue weighted by atomic mass is 79.9. The molecule has 1 amide bonds. The van der Waals surface area contributed by atoms with Gasteiger partial charge in [-0.05, 0) is 36.2 Å². The van der Waals surface area contributed by atoms with Gasteiger partial charge in [-0.3, -0.25) is 4.79 Å². The van der Waals surface area contributed by atoms with Crippen LogP contribution in [0.2, 0.25) is 0 Å². The molecule has 1 atom stereocenters. The number of amides is 1. The number of nitrogens with one attached hydrogen (secondary N) is 1. The highest BCUT2D eigenvalue weighted by molar-refractivity contribution is 9.10. The quantitative estimate of drug-likeness (QED) is 0.435. The van der Waals surface area contributed by atoms with Crippen molar-refractivity contribution >= 4 is 44.2 Å². The summed E-state index contributed by atoms with van der Waals surface area (Å²) in [5.74, 6) is 0.670. The lowest BCUT2D eigenvalue weighted by atomic mass is 10.0. The molecule has 2 heterocycles. The summed E-state index contributed by atoms with van der Waals surface area (Å²) in [5.41, 5.74) is 5.44. The molecule has 0 aliphatic carbocycles. The number of fused-ring (bicyclic) bond motifs is 1. The number of nitrogens with zero attached hydrogens (tertiary/aromatic N) is 3. The van der Waals surface area contributed by atoms with Gasteiger partial charge in [0.2, 0.25) is 5.91 Å². The minimum absolute atomic E-state index is 0.0295. The van der Waals surface area contributed by atoms with Crippen LogP contribution in [-0.2, 0) is 11.3 Å². The van der Waals surface area contributed by atoms with Gasteiger partial charge in [-0.15, -0.1) is 11.3 Å². The van der Waals surface area contributed by atoms with Gasteiger partial charge in [-0.25, -0.2) is 9.97 Å². The van der Waals surface area contributed by atoms with Crippen LogP contribution < -0.4 is 5.32 Å². The Morgan fingerprint density at radius 3 is 2.71 bits per heavy atom. The van der Waals surface area contributed by atoms with Crippen LogP contribution in [-0.4, -0.2) is 20.4 Å². The van der Waals surface area contributed by atoms with E-state index in [1.54, 1.807) is 5.51 Å². The molecule has 0 aliphatic rings. The normalized spacial score (nSPS) is 12.2. The number of hydrogen-bond donors (Lipinski definition) is 1. The maximum absolute atomic E-state index is 12.9. The van der Waals surface area contributed by atoms with E-state index in [0.717, 1.165) is 33.2 Å². The summed E-state index contributed by atoms with van der Waals surface area (Å²) >= 11 is 4.97. The van der Waals surface area contributed by atoms with E-state index in [1.165, 1.54) is 11.3 Å². The zero-order chi connectivity index (χ0) is 19.5. The first-order valence-electron chi connectivity index (χ1n) is 9.04. The summed E-state index contributed by atoms with van der Waals surface area (Å²) < 4.78 is 2.96. The fourth-order valence-electron chi connectivity index (χ4n) is 3.25. The van der Waals surface area contributed by atoms with E-state index in [2.05, 4.69) is 33.2 Å². The molecule has 142 valence electrons. The molecule has 0 spiro atoms. The maximum atomic E-state index is 12.9. The first-order valence-corrected chi connectivity index (χ1v) is 10.8. The molecule has 5 nitrogen and oxygen atoms in total. The summed E-state index contributed by atoms with van der Waals surface area (Å²) in [4.78, 5) is 22.0. The van der Waals surface area contributed by atoms with Crippen LogP contribution >= 0.6 is 27.3 Å². The number of hydrogen-bond acceptors (Lipinski definition) is 4. The Kier molecular flexibility index (Phi) is 5.54. The molecule has 2 aromatic carbocycles. The number of benzene rings is 2. The Balaban J connectivity index is 1.61. The lowest BCUT2D eigenvalue weighted by Gasteiger charge is -2.18. The molecule has 4 aromatic rings. The van der Waals surface area contributed by atoms with Gasteiger partial charge < -0.3 is 9.88 Å². The predicted octanol–water partition coefficient (Wildman–Crippen LogP) is 5.19. The van der Waals surface area contributed by atoms with Gasteiger partial charge in [0.15, 0.2) is 5.82 Å². The standard InChI is InChI=1S/C21H19BrN4OS/c1-2-16(14-7-9-15(22)10-8-14)24-20(27)11-26-19-6-4-3-5-17(19)25-21(26)18-12-28-13-23-18/h3-10,12-13,16H,2,11H2,1H3,(H,24,27)/t16-/m0/s1. The zero-order valence-electron chi connectivity index (χ0n) is 15.3. The monoisotopic (exact) mass is 454 g/mol. The summed E-state index contributed by atoms with van der Waals surface area (Å²) in [6, 6.07) is 15.9. The first kappa shape index (κ1) is 18.8. The summed E-state index contributed by atoms with van der Waals surface area (Å²) in [7, 11) is 0. The Morgan fingerprint density at radius 2 is 2.00 bits per heavy atom. The molecule has 0 fully saturated rings. The van der Waals surface area contributed by atoms with Crippen molar-refractivity contribution in [2.75, 3.05) is 0 Å². The van der Waals surface area contributed by atoms with E-state index in [4.69, 9.17) is 4.98 Å². The van der Waals surface area contributed by atoms with Crippen LogP contribution in [0.4, 0.5) is 0 Å². The number of para-hydroxylation sites is 2. The van der Waals surface area contributed by atoms with Crippen molar-refractivity contribution in [2.24, 2.45) is 0 Å². The summed E-state index contributed by atoms with van der Waals surface area (Å²) in [6.07, 6.45) is 0.816. The highest BCUT2D eigenvalue weighted by Crippen LogP contribution is 2.25. The van der Waals surface area contributed by atoms with E-state index in [1.807, 2.05) is 58.5 Å². The van der Waals surface area contributed by atoms with E-state index in [-0.39, 0.29) is 18.5 Å². The zero-order valence-corrected chi connectivity index (χ0v) is 17.7. The molecule has 0 bridgehead atoms. The van der Waals surface area contributed by atoms with Crippen molar-refractivity contribution in [3.05, 3.63) is 69.5 Å². The number of carbonyl (C=O) groups is 1. The Morgan fingerprint density at radius 1 is 1.21 bits per heavy atom. The maximum Gasteiger partial charge on any atom is 0.240 e. The van der Waals surface area contributed by atoms with E-state index in [9.17, 15) is 4.79 Å². The van der Waals surface area contributed by atoms with Gasteiger partial charge >= 0.3 is 0 Å². The molecule has 0 radical (unpaired) electrons. The Labute approximate surface area is 175 Å². The molecular formula is C21H19BrN4OS. The summed E-state index contributed by atoms with van der Waals surface area (Å²) in [5, 5.41) is 5.11. The number of aromatic nitrogens is 3. The topological polar surface area (TPSA) is 59.8 Å². The number of carbonyl (C=O) groups excluding carboxylic acids is 1. The van der Waals surface area contributed by atoms with Gasteiger partial charge in [0.1, 0.15) is 12.2 Å². The smallest absolute Gasteiger partial charge is 0.240 e.